The van der Waals surface area contributed by atoms with Crippen molar-refractivity contribution in [1.29, 1.82) is 0 Å². The van der Waals surface area contributed by atoms with E-state index in [4.69, 9.17) is 0 Å². The highest BCUT2D eigenvalue weighted by Gasteiger charge is 2.20. The number of aromatic nitrogens is 1. The lowest BCUT2D eigenvalue weighted by Gasteiger charge is -2.30. The molecule has 0 bridgehead atoms. The van der Waals surface area contributed by atoms with Gasteiger partial charge < -0.3 is 10.0 Å². The van der Waals surface area contributed by atoms with Crippen LogP contribution < -0.4 is 0 Å². The van der Waals surface area contributed by atoms with Gasteiger partial charge in [0.1, 0.15) is 5.76 Å². The van der Waals surface area contributed by atoms with Crippen molar-refractivity contribution in [3.05, 3.63) is 36.2 Å². The van der Waals surface area contributed by atoms with Crippen LogP contribution in [0, 0.1) is 5.92 Å². The molecule has 1 amide bonds. The molecular formula is C19H29N3O2. The number of hydrogen-bond donors (Lipinski definition) is 1. The predicted molar refractivity (Wildman–Crippen MR) is 96.4 cm³/mol. The quantitative estimate of drug-likeness (QED) is 0.780. The summed E-state index contributed by atoms with van der Waals surface area (Å²) in [5.41, 5.74) is 1.52. The highest BCUT2D eigenvalue weighted by Crippen LogP contribution is 2.14. The van der Waals surface area contributed by atoms with Crippen molar-refractivity contribution in [2.45, 2.75) is 39.7 Å². The Kier molecular flexibility index (Phi) is 6.79. The monoisotopic (exact) mass is 331 g/mol. The van der Waals surface area contributed by atoms with Crippen LogP contribution in [0.1, 0.15) is 44.4 Å². The average molecular weight is 331 g/mol. The van der Waals surface area contributed by atoms with Gasteiger partial charge in [0, 0.05) is 37.9 Å². The van der Waals surface area contributed by atoms with Gasteiger partial charge in [-0.3, -0.25) is 14.7 Å². The molecule has 1 aromatic heterocycles. The number of carbonyl (C=O) groups is 1. The van der Waals surface area contributed by atoms with E-state index in [2.05, 4.69) is 30.3 Å². The Labute approximate surface area is 145 Å². The first-order chi connectivity index (χ1) is 11.5. The van der Waals surface area contributed by atoms with Gasteiger partial charge in [-0.1, -0.05) is 20.4 Å². The summed E-state index contributed by atoms with van der Waals surface area (Å²) in [6.07, 6.45) is 5.11. The standard InChI is InChI=1S/C19H29N3O2/c1-15(2)12-21(14-19(24)22-9-5-4-6-10-22)13-18-11-17(16(3)23)7-8-20-18/h7-8,11,15,23H,3-6,9-10,12-14H2,1-2H3. The zero-order chi connectivity index (χ0) is 17.5. The third-order valence-electron chi connectivity index (χ3n) is 4.23. The summed E-state index contributed by atoms with van der Waals surface area (Å²) in [5.74, 6) is 0.715. The molecule has 132 valence electrons. The van der Waals surface area contributed by atoms with Gasteiger partial charge in [-0.25, -0.2) is 0 Å². The number of likely N-dealkylation sites (tertiary alicyclic amines) is 1. The van der Waals surface area contributed by atoms with Gasteiger partial charge >= 0.3 is 0 Å². The molecule has 0 radical (unpaired) electrons. The molecule has 2 heterocycles. The summed E-state index contributed by atoms with van der Waals surface area (Å²) >= 11 is 0. The number of pyridine rings is 1. The third-order valence-corrected chi connectivity index (χ3v) is 4.23. The number of carbonyl (C=O) groups excluding carboxylic acids is 1. The van der Waals surface area contributed by atoms with E-state index in [9.17, 15) is 9.90 Å². The molecule has 0 spiro atoms. The summed E-state index contributed by atoms with van der Waals surface area (Å²) in [4.78, 5) is 21.1. The van der Waals surface area contributed by atoms with E-state index in [1.807, 2.05) is 11.0 Å². The second kappa shape index (κ2) is 8.83. The minimum atomic E-state index is 0.0402. The molecule has 1 aliphatic rings. The fourth-order valence-corrected chi connectivity index (χ4v) is 3.11. The van der Waals surface area contributed by atoms with Crippen molar-refractivity contribution in [1.82, 2.24) is 14.8 Å². The average Bonchev–Trinajstić information content (AvgIpc) is 2.55. The normalized spacial score (nSPS) is 15.1. The first-order valence-electron chi connectivity index (χ1n) is 8.79. The number of aliphatic hydroxyl groups is 1. The fraction of sp³-hybridized carbons (Fsp3) is 0.579. The maximum absolute atomic E-state index is 12.6. The fourth-order valence-electron chi connectivity index (χ4n) is 3.11. The second-order valence-corrected chi connectivity index (χ2v) is 6.99. The topological polar surface area (TPSA) is 56.7 Å². The van der Waals surface area contributed by atoms with Gasteiger partial charge in [0.05, 0.1) is 12.2 Å². The molecule has 0 saturated carbocycles. The van der Waals surface area contributed by atoms with Crippen molar-refractivity contribution in [3.63, 3.8) is 0 Å². The van der Waals surface area contributed by atoms with Crippen LogP contribution in [-0.2, 0) is 11.3 Å². The maximum atomic E-state index is 12.6. The molecule has 1 aromatic rings. The van der Waals surface area contributed by atoms with Crippen LogP contribution in [0.4, 0.5) is 0 Å². The van der Waals surface area contributed by atoms with Gasteiger partial charge in [0.25, 0.3) is 0 Å². The zero-order valence-electron chi connectivity index (χ0n) is 14.9. The summed E-state index contributed by atoms with van der Waals surface area (Å²) < 4.78 is 0. The largest absolute Gasteiger partial charge is 0.508 e. The van der Waals surface area contributed by atoms with Crippen LogP contribution in [0.15, 0.2) is 24.9 Å². The molecule has 0 aromatic carbocycles. The SMILES string of the molecule is C=C(O)c1ccnc(CN(CC(=O)N2CCCCC2)CC(C)C)c1. The smallest absolute Gasteiger partial charge is 0.236 e. The number of nitrogens with zero attached hydrogens (tertiary/aromatic N) is 3. The van der Waals surface area contributed by atoms with E-state index < -0.39 is 0 Å². The molecule has 1 aliphatic heterocycles. The lowest BCUT2D eigenvalue weighted by molar-refractivity contribution is -0.133. The van der Waals surface area contributed by atoms with Crippen LogP contribution >= 0.6 is 0 Å². The van der Waals surface area contributed by atoms with Crippen molar-refractivity contribution >= 4 is 11.7 Å². The number of rotatable bonds is 7. The van der Waals surface area contributed by atoms with Gasteiger partial charge in [0.2, 0.25) is 5.91 Å². The molecule has 5 heteroatoms. The summed E-state index contributed by atoms with van der Waals surface area (Å²) in [6.45, 7) is 11.5. The van der Waals surface area contributed by atoms with E-state index in [1.54, 1.807) is 12.3 Å². The zero-order valence-corrected chi connectivity index (χ0v) is 14.9. The number of hydrogen-bond acceptors (Lipinski definition) is 4. The molecule has 1 saturated heterocycles. The first kappa shape index (κ1) is 18.5. The van der Waals surface area contributed by atoms with Crippen LogP contribution in [0.2, 0.25) is 0 Å². The molecular weight excluding hydrogens is 302 g/mol. The Bertz CT molecular complexity index is 565. The van der Waals surface area contributed by atoms with Crippen molar-refractivity contribution in [2.75, 3.05) is 26.2 Å². The third kappa shape index (κ3) is 5.64. The Balaban J connectivity index is 2.03. The summed E-state index contributed by atoms with van der Waals surface area (Å²) in [6, 6.07) is 3.57. The summed E-state index contributed by atoms with van der Waals surface area (Å²) in [7, 11) is 0. The van der Waals surface area contributed by atoms with Gasteiger partial charge in [-0.05, 0) is 37.3 Å². The van der Waals surface area contributed by atoms with E-state index in [1.165, 1.54) is 6.42 Å². The molecule has 2 rings (SSSR count). The minimum Gasteiger partial charge on any atom is -0.508 e. The molecule has 5 nitrogen and oxygen atoms in total. The van der Waals surface area contributed by atoms with E-state index >= 15 is 0 Å². The molecule has 0 atom stereocenters. The van der Waals surface area contributed by atoms with Crippen molar-refractivity contribution in [2.24, 2.45) is 5.92 Å². The first-order valence-corrected chi connectivity index (χ1v) is 8.79. The van der Waals surface area contributed by atoms with E-state index in [-0.39, 0.29) is 11.7 Å². The van der Waals surface area contributed by atoms with Crippen LogP contribution in [-0.4, -0.2) is 52.0 Å². The Morgan fingerprint density at radius 3 is 2.71 bits per heavy atom. The number of aliphatic hydroxyl groups excluding tert-OH is 1. The highest BCUT2D eigenvalue weighted by atomic mass is 16.3. The highest BCUT2D eigenvalue weighted by molar-refractivity contribution is 5.78. The van der Waals surface area contributed by atoms with Crippen LogP contribution in [0.25, 0.3) is 5.76 Å². The predicted octanol–water partition coefficient (Wildman–Crippen LogP) is 3.08. The molecule has 0 unspecified atom stereocenters. The van der Waals surface area contributed by atoms with Crippen LogP contribution in [0.5, 0.6) is 0 Å². The Morgan fingerprint density at radius 2 is 2.08 bits per heavy atom. The lowest BCUT2D eigenvalue weighted by Crippen LogP contribution is -2.43. The van der Waals surface area contributed by atoms with Crippen molar-refractivity contribution in [3.8, 4) is 0 Å². The molecule has 24 heavy (non-hydrogen) atoms. The minimum absolute atomic E-state index is 0.0402. The maximum Gasteiger partial charge on any atom is 0.236 e. The molecule has 1 fully saturated rings. The molecule has 1 N–H and O–H groups in total. The Morgan fingerprint density at radius 1 is 1.38 bits per heavy atom. The van der Waals surface area contributed by atoms with Gasteiger partial charge in [-0.2, -0.15) is 0 Å². The van der Waals surface area contributed by atoms with Gasteiger partial charge in [0.15, 0.2) is 0 Å². The van der Waals surface area contributed by atoms with Gasteiger partial charge in [-0.15, -0.1) is 0 Å². The van der Waals surface area contributed by atoms with Crippen molar-refractivity contribution < 1.29 is 9.90 Å². The number of piperidine rings is 1. The van der Waals surface area contributed by atoms with E-state index in [0.29, 0.717) is 24.6 Å². The Hall–Kier alpha value is -1.88. The number of amides is 1. The van der Waals surface area contributed by atoms with E-state index in [0.717, 1.165) is 38.2 Å². The lowest BCUT2D eigenvalue weighted by atomic mass is 10.1. The molecule has 0 aliphatic carbocycles. The summed E-state index contributed by atoms with van der Waals surface area (Å²) in [5, 5.41) is 9.55. The van der Waals surface area contributed by atoms with Crippen LogP contribution in [0.3, 0.4) is 0 Å². The second-order valence-electron chi connectivity index (χ2n) is 6.99.